The minimum Gasteiger partial charge on any atom is -0.383 e. The van der Waals surface area contributed by atoms with Crippen molar-refractivity contribution in [2.45, 2.75) is 26.1 Å². The fourth-order valence-electron chi connectivity index (χ4n) is 3.86. The van der Waals surface area contributed by atoms with Crippen LogP contribution in [0.5, 0.6) is 0 Å². The summed E-state index contributed by atoms with van der Waals surface area (Å²) in [7, 11) is 1.71. The van der Waals surface area contributed by atoms with E-state index in [4.69, 9.17) is 4.74 Å². The van der Waals surface area contributed by atoms with Gasteiger partial charge in [0.15, 0.2) is 0 Å². The average molecular weight is 381 g/mol. The van der Waals surface area contributed by atoms with Gasteiger partial charge in [-0.05, 0) is 41.3 Å². The van der Waals surface area contributed by atoms with Crippen LogP contribution in [0, 0.1) is 5.82 Å². The monoisotopic (exact) mass is 381 g/mol. The third kappa shape index (κ3) is 3.73. The first-order valence-corrected chi connectivity index (χ1v) is 9.51. The summed E-state index contributed by atoms with van der Waals surface area (Å²) in [6.07, 6.45) is 2.99. The van der Waals surface area contributed by atoms with Gasteiger partial charge >= 0.3 is 6.03 Å². The first-order valence-electron chi connectivity index (χ1n) is 9.51. The number of nitrogens with zero attached hydrogens (tertiary/aromatic N) is 2. The molecule has 3 aromatic rings. The summed E-state index contributed by atoms with van der Waals surface area (Å²) in [5, 5.41) is 4.16. The average Bonchev–Trinajstić information content (AvgIpc) is 2.94. The van der Waals surface area contributed by atoms with Crippen molar-refractivity contribution in [1.29, 1.82) is 0 Å². The highest BCUT2D eigenvalue weighted by atomic mass is 19.1. The van der Waals surface area contributed by atoms with Crippen LogP contribution >= 0.6 is 0 Å². The Hall–Kier alpha value is -2.86. The van der Waals surface area contributed by atoms with Gasteiger partial charge in [0.25, 0.3) is 0 Å². The molecule has 0 spiro atoms. The molecule has 0 saturated heterocycles. The number of carbonyl (C=O) groups is 1. The normalized spacial score (nSPS) is 13.6. The summed E-state index contributed by atoms with van der Waals surface area (Å²) >= 11 is 0. The van der Waals surface area contributed by atoms with E-state index in [0.29, 0.717) is 26.2 Å². The number of benzene rings is 2. The predicted molar refractivity (Wildman–Crippen MR) is 107 cm³/mol. The zero-order chi connectivity index (χ0) is 19.5. The number of halogens is 1. The summed E-state index contributed by atoms with van der Waals surface area (Å²) in [6.45, 7) is 3.00. The Balaban J connectivity index is 1.50. The van der Waals surface area contributed by atoms with E-state index in [1.165, 1.54) is 28.6 Å². The van der Waals surface area contributed by atoms with Gasteiger partial charge in [0.05, 0.1) is 6.61 Å². The third-order valence-corrected chi connectivity index (χ3v) is 5.24. The van der Waals surface area contributed by atoms with E-state index in [1.807, 2.05) is 11.0 Å². The van der Waals surface area contributed by atoms with E-state index in [2.05, 4.69) is 28.2 Å². The molecule has 0 unspecified atom stereocenters. The second-order valence-electron chi connectivity index (χ2n) is 7.11. The Morgan fingerprint density at radius 2 is 2.07 bits per heavy atom. The Morgan fingerprint density at radius 1 is 1.21 bits per heavy atom. The summed E-state index contributed by atoms with van der Waals surface area (Å²) in [4.78, 5) is 14.5. The Bertz CT molecular complexity index is 999. The molecule has 1 aliphatic rings. The van der Waals surface area contributed by atoms with Gasteiger partial charge in [0.2, 0.25) is 0 Å². The smallest absolute Gasteiger partial charge is 0.317 e. The van der Waals surface area contributed by atoms with Crippen LogP contribution in [-0.4, -0.2) is 35.8 Å². The first-order chi connectivity index (χ1) is 13.7. The van der Waals surface area contributed by atoms with Crippen LogP contribution in [0.25, 0.3) is 10.9 Å². The molecule has 146 valence electrons. The van der Waals surface area contributed by atoms with Crippen molar-refractivity contribution >= 4 is 16.9 Å². The second kappa shape index (κ2) is 8.02. The third-order valence-electron chi connectivity index (χ3n) is 5.24. The lowest BCUT2D eigenvalue weighted by Gasteiger charge is -2.22. The first kappa shape index (κ1) is 18.5. The second-order valence-corrected chi connectivity index (χ2v) is 7.11. The van der Waals surface area contributed by atoms with Gasteiger partial charge in [-0.25, -0.2) is 9.18 Å². The van der Waals surface area contributed by atoms with Crippen molar-refractivity contribution in [3.63, 3.8) is 0 Å². The highest BCUT2D eigenvalue weighted by Crippen LogP contribution is 2.29. The number of rotatable bonds is 5. The van der Waals surface area contributed by atoms with Crippen molar-refractivity contribution in [2.24, 2.45) is 0 Å². The Kier molecular flexibility index (Phi) is 5.30. The van der Waals surface area contributed by atoms with E-state index < -0.39 is 0 Å². The fraction of sp³-hybridized carbons (Fsp3) is 0.318. The van der Waals surface area contributed by atoms with Crippen molar-refractivity contribution in [1.82, 2.24) is 14.8 Å². The molecule has 28 heavy (non-hydrogen) atoms. The fourth-order valence-corrected chi connectivity index (χ4v) is 3.86. The summed E-state index contributed by atoms with van der Waals surface area (Å²) < 4.78 is 20.8. The van der Waals surface area contributed by atoms with Gasteiger partial charge in [-0.1, -0.05) is 24.3 Å². The number of methoxy groups -OCH3 is 1. The SMILES string of the molecule is COCCn1cc2c3c(cccc31)CN(C(=O)NCc1cccc(F)c1)CC2. The number of amides is 2. The van der Waals surface area contributed by atoms with E-state index in [9.17, 15) is 9.18 Å². The van der Waals surface area contributed by atoms with E-state index in [0.717, 1.165) is 24.1 Å². The number of aromatic nitrogens is 1. The van der Waals surface area contributed by atoms with Crippen LogP contribution in [0.1, 0.15) is 16.7 Å². The molecule has 2 amide bonds. The highest BCUT2D eigenvalue weighted by molar-refractivity contribution is 5.88. The van der Waals surface area contributed by atoms with E-state index in [-0.39, 0.29) is 11.8 Å². The molecule has 0 radical (unpaired) electrons. The molecule has 4 rings (SSSR count). The maximum atomic E-state index is 13.3. The molecular weight excluding hydrogens is 357 g/mol. The standard InChI is InChI=1S/C22H24FN3O2/c1-28-11-10-25-14-18-8-9-26(15-17-5-3-7-20(25)21(17)18)22(27)24-13-16-4-2-6-19(23)12-16/h2-7,12,14H,8-11,13,15H2,1H3,(H,24,27). The molecule has 0 saturated carbocycles. The molecular formula is C22H24FN3O2. The van der Waals surface area contributed by atoms with Crippen LogP contribution < -0.4 is 5.32 Å². The lowest BCUT2D eigenvalue weighted by Crippen LogP contribution is -2.39. The summed E-state index contributed by atoms with van der Waals surface area (Å²) in [6, 6.07) is 12.4. The quantitative estimate of drug-likeness (QED) is 0.733. The molecule has 0 fully saturated rings. The maximum absolute atomic E-state index is 13.3. The molecule has 0 atom stereocenters. The molecule has 2 heterocycles. The van der Waals surface area contributed by atoms with E-state index >= 15 is 0 Å². The minimum absolute atomic E-state index is 0.126. The molecule has 1 aromatic heterocycles. The zero-order valence-corrected chi connectivity index (χ0v) is 16.0. The van der Waals surface area contributed by atoms with Crippen LogP contribution in [0.15, 0.2) is 48.7 Å². The lowest BCUT2D eigenvalue weighted by atomic mass is 10.1. The van der Waals surface area contributed by atoms with Gasteiger partial charge in [0.1, 0.15) is 5.82 Å². The van der Waals surface area contributed by atoms with Crippen molar-refractivity contribution in [3.8, 4) is 0 Å². The van der Waals surface area contributed by atoms with E-state index in [1.54, 1.807) is 19.2 Å². The number of carbonyl (C=O) groups excluding carboxylic acids is 1. The van der Waals surface area contributed by atoms with Crippen LogP contribution in [-0.2, 0) is 30.8 Å². The lowest BCUT2D eigenvalue weighted by molar-refractivity contribution is 0.188. The van der Waals surface area contributed by atoms with Crippen LogP contribution in [0.3, 0.4) is 0 Å². The zero-order valence-electron chi connectivity index (χ0n) is 16.0. The van der Waals surface area contributed by atoms with Gasteiger partial charge < -0.3 is 19.5 Å². The number of hydrogen-bond donors (Lipinski definition) is 1. The molecule has 0 bridgehead atoms. The Labute approximate surface area is 163 Å². The largest absolute Gasteiger partial charge is 0.383 e. The Morgan fingerprint density at radius 3 is 2.89 bits per heavy atom. The number of ether oxygens (including phenoxy) is 1. The van der Waals surface area contributed by atoms with Gasteiger partial charge in [-0.3, -0.25) is 0 Å². The molecule has 1 N–H and O–H groups in total. The maximum Gasteiger partial charge on any atom is 0.317 e. The molecule has 1 aliphatic heterocycles. The highest BCUT2D eigenvalue weighted by Gasteiger charge is 2.22. The van der Waals surface area contributed by atoms with Crippen molar-refractivity contribution in [2.75, 3.05) is 20.3 Å². The molecule has 0 aliphatic carbocycles. The molecule has 6 heteroatoms. The van der Waals surface area contributed by atoms with Crippen LogP contribution in [0.4, 0.5) is 9.18 Å². The number of hydrogen-bond acceptors (Lipinski definition) is 2. The number of nitrogens with one attached hydrogen (secondary N) is 1. The number of urea groups is 1. The summed E-state index contributed by atoms with van der Waals surface area (Å²) in [5.41, 5.74) is 4.36. The molecule has 5 nitrogen and oxygen atoms in total. The topological polar surface area (TPSA) is 46.5 Å². The van der Waals surface area contributed by atoms with Crippen molar-refractivity contribution < 1.29 is 13.9 Å². The van der Waals surface area contributed by atoms with Crippen molar-refractivity contribution in [3.05, 3.63) is 71.2 Å². The molecule has 2 aromatic carbocycles. The van der Waals surface area contributed by atoms with Gasteiger partial charge in [-0.2, -0.15) is 0 Å². The van der Waals surface area contributed by atoms with Gasteiger partial charge in [0, 0.05) is 50.4 Å². The van der Waals surface area contributed by atoms with Gasteiger partial charge in [-0.15, -0.1) is 0 Å². The van der Waals surface area contributed by atoms with Crippen LogP contribution in [0.2, 0.25) is 0 Å². The minimum atomic E-state index is -0.294. The predicted octanol–water partition coefficient (Wildman–Crippen LogP) is 3.69. The summed E-state index contributed by atoms with van der Waals surface area (Å²) in [5.74, 6) is -0.294.